The summed E-state index contributed by atoms with van der Waals surface area (Å²) in [5.74, 6) is -1.88. The van der Waals surface area contributed by atoms with E-state index in [1.807, 2.05) is 83.1 Å². The number of aldehydes is 1. The number of ketones is 1. The molecule has 0 aromatic heterocycles. The summed E-state index contributed by atoms with van der Waals surface area (Å²) in [5.41, 5.74) is 10.1. The van der Waals surface area contributed by atoms with Gasteiger partial charge in [0.05, 0.1) is 87.2 Å². The van der Waals surface area contributed by atoms with E-state index in [4.69, 9.17) is 80.5 Å². The monoisotopic (exact) mass is 1630 g/mol. The lowest BCUT2D eigenvalue weighted by Crippen LogP contribution is -2.69. The zero-order chi connectivity index (χ0) is 84.0. The summed E-state index contributed by atoms with van der Waals surface area (Å²) in [6.45, 7) is 46.7. The molecule has 7 heterocycles. The van der Waals surface area contributed by atoms with Crippen molar-refractivity contribution < 1.29 is 94.9 Å². The van der Waals surface area contributed by atoms with Crippen LogP contribution in [0.4, 0.5) is 0 Å². The predicted molar refractivity (Wildman–Crippen MR) is 436 cm³/mol. The number of fused-ring (bicyclic) bond motifs is 8. The van der Waals surface area contributed by atoms with E-state index < -0.39 is 151 Å². The highest BCUT2D eigenvalue weighted by atomic mass is 16.8. The molecule has 0 amide bonds. The number of hydrogen-bond donors (Lipinski definition) is 0. The molecule has 38 atom stereocenters. The molecule has 652 valence electrons. The minimum atomic E-state index is -1.38. The Morgan fingerprint density at radius 2 is 1.21 bits per heavy atom. The molecule has 0 spiro atoms. The first-order valence-corrected chi connectivity index (χ1v) is 44.7. The number of nitrogens with zero attached hydrogens (tertiary/aromatic N) is 3. The van der Waals surface area contributed by atoms with Crippen LogP contribution in [0.15, 0.2) is 77.4 Å². The minimum Gasteiger partial charge on any atom is -0.432 e. The van der Waals surface area contributed by atoms with E-state index in [1.54, 1.807) is 14.0 Å². The van der Waals surface area contributed by atoms with E-state index in [-0.39, 0.29) is 94.8 Å². The maximum Gasteiger partial charge on any atom is 0.317 e. The fourth-order valence-electron chi connectivity index (χ4n) is 24.8. The largest absolute Gasteiger partial charge is 0.432 e. The number of esters is 1. The van der Waals surface area contributed by atoms with Crippen molar-refractivity contribution in [2.24, 2.45) is 115 Å². The molecular weight excluding hydrogens is 1490 g/mol. The van der Waals surface area contributed by atoms with Crippen molar-refractivity contribution in [2.45, 2.75) is 352 Å². The summed E-state index contributed by atoms with van der Waals surface area (Å²) in [6.07, 6.45) is -3.67. The van der Waals surface area contributed by atoms with Crippen molar-refractivity contribution >= 4 is 18.0 Å². The number of Topliss-reactive ketones (excluding diaryl/α,β-unsaturated/α-hetero) is 1. The molecular formula is C94H141N3O20. The number of azide groups is 1. The van der Waals surface area contributed by atoms with Crippen molar-refractivity contribution in [2.75, 3.05) is 26.9 Å². The molecule has 7 aliphatic heterocycles. The number of carbonyl (C=O) groups excluding carboxylic acids is 3. The lowest BCUT2D eigenvalue weighted by molar-refractivity contribution is -0.374. The Balaban J connectivity index is 0.751. The van der Waals surface area contributed by atoms with E-state index in [0.29, 0.717) is 63.3 Å². The first kappa shape index (κ1) is 89.0. The molecule has 19 unspecified atom stereocenters. The number of methoxy groups -OCH3 is 1. The Labute approximate surface area is 696 Å². The summed E-state index contributed by atoms with van der Waals surface area (Å²) >= 11 is 0. The molecule has 2 aromatic carbocycles. The normalized spacial score (nSPS) is 48.1. The quantitative estimate of drug-likeness (QED) is 0.0180. The minimum absolute atomic E-state index is 0.00529. The Morgan fingerprint density at radius 1 is 0.581 bits per heavy atom. The van der Waals surface area contributed by atoms with Crippen LogP contribution in [-0.4, -0.2) is 174 Å². The first-order chi connectivity index (χ1) is 55.5. The van der Waals surface area contributed by atoms with E-state index in [1.165, 1.54) is 5.57 Å². The van der Waals surface area contributed by atoms with Gasteiger partial charge in [0.1, 0.15) is 48.3 Å². The molecule has 12 aliphatic rings. The fourth-order valence-corrected chi connectivity index (χ4v) is 24.8. The van der Waals surface area contributed by atoms with Crippen LogP contribution < -0.4 is 0 Å². The maximum absolute atomic E-state index is 16.9. The van der Waals surface area contributed by atoms with E-state index in [0.717, 1.165) is 55.9 Å². The fraction of sp³-hybridized carbons (Fsp3) is 0.819. The van der Waals surface area contributed by atoms with Gasteiger partial charge in [0, 0.05) is 41.6 Å². The molecule has 14 rings (SSSR count). The third kappa shape index (κ3) is 16.5. The van der Waals surface area contributed by atoms with Gasteiger partial charge in [-0.15, -0.1) is 0 Å². The van der Waals surface area contributed by atoms with Gasteiger partial charge in [-0.2, -0.15) is 0 Å². The molecule has 4 saturated carbocycles. The van der Waals surface area contributed by atoms with Gasteiger partial charge in [0.15, 0.2) is 43.0 Å². The number of benzene rings is 2. The molecule has 23 nitrogen and oxygen atoms in total. The van der Waals surface area contributed by atoms with Crippen LogP contribution in [0, 0.1) is 109 Å². The summed E-state index contributed by atoms with van der Waals surface area (Å²) in [5, 5.41) is 4.41. The molecule has 0 radical (unpaired) electrons. The van der Waals surface area contributed by atoms with Crippen LogP contribution in [0.1, 0.15) is 221 Å². The number of allylic oxidation sites excluding steroid dienone is 2. The van der Waals surface area contributed by atoms with Crippen molar-refractivity contribution in [3.8, 4) is 0 Å². The van der Waals surface area contributed by atoms with Gasteiger partial charge in [-0.25, -0.2) is 0 Å². The number of rotatable bonds is 24. The number of ether oxygens (including phenoxy) is 17. The van der Waals surface area contributed by atoms with Gasteiger partial charge >= 0.3 is 5.97 Å². The SMILES string of the molecule is CCC1O[C@@H](OC2[C@H](O[C@H]3CCC4(C)C5CC=C6C7CC(C)(C)CC[C@]7(C(=O)O[C@@H]7OC(COCc8ccccc8)[C@H](N=[N+]=[N-])C(C)C7O[C@@H]7OC(C)[C@H](O[C@@H]8OC[C@H](C)C(OCc9ccccc9)C8C)C8OC(C)(C)OC87)C(OC)CC6(C)C5(C)CC[C@H]4[C@@]3(C)C=O)OC(C(C)=O)[C@H](C)[C@@H]2O[C@@H]2OC[C@H](C)[C@H](C)C2C)C(C)[C@@H](C)[C@H]1C. The molecule has 5 aliphatic carbocycles. The van der Waals surface area contributed by atoms with Gasteiger partial charge in [-0.1, -0.05) is 195 Å². The molecule has 23 heteroatoms. The average Bonchev–Trinajstić information content (AvgIpc) is 1.08. The van der Waals surface area contributed by atoms with E-state index in [2.05, 4.69) is 132 Å². The second kappa shape index (κ2) is 35.0. The Kier molecular flexibility index (Phi) is 26.6. The van der Waals surface area contributed by atoms with Gasteiger partial charge in [-0.05, 0) is 178 Å². The molecule has 2 aromatic rings. The molecule has 0 bridgehead atoms. The third-order valence-electron chi connectivity index (χ3n) is 32.7. The maximum atomic E-state index is 16.9. The van der Waals surface area contributed by atoms with E-state index in [9.17, 15) is 15.1 Å². The first-order valence-electron chi connectivity index (χ1n) is 44.7. The summed E-state index contributed by atoms with van der Waals surface area (Å²) in [4.78, 5) is 49.0. The average molecular weight is 1630 g/mol. The van der Waals surface area contributed by atoms with Crippen LogP contribution in [0.2, 0.25) is 0 Å². The van der Waals surface area contributed by atoms with Crippen LogP contribution in [0.3, 0.4) is 0 Å². The highest BCUT2D eigenvalue weighted by Crippen LogP contribution is 2.76. The summed E-state index contributed by atoms with van der Waals surface area (Å²) < 4.78 is 119. The van der Waals surface area contributed by atoms with Crippen molar-refractivity contribution in [3.63, 3.8) is 0 Å². The van der Waals surface area contributed by atoms with Crippen molar-refractivity contribution in [3.05, 3.63) is 93.9 Å². The predicted octanol–water partition coefficient (Wildman–Crippen LogP) is 17.1. The zero-order valence-electron chi connectivity index (χ0n) is 74.1. The number of hydrogen-bond acceptors (Lipinski definition) is 21. The van der Waals surface area contributed by atoms with E-state index >= 15 is 4.79 Å². The highest BCUT2D eigenvalue weighted by Gasteiger charge is 2.74. The third-order valence-corrected chi connectivity index (χ3v) is 32.7. The Bertz CT molecular complexity index is 3830. The number of carbonyl (C=O) groups is 3. The Hall–Kier alpha value is -4.34. The Morgan fingerprint density at radius 3 is 1.88 bits per heavy atom. The molecule has 117 heavy (non-hydrogen) atoms. The smallest absolute Gasteiger partial charge is 0.317 e. The van der Waals surface area contributed by atoms with Gasteiger partial charge in [0.2, 0.25) is 6.29 Å². The van der Waals surface area contributed by atoms with Gasteiger partial charge in [-0.3, -0.25) is 9.59 Å². The molecule has 0 N–H and O–H groups in total. The van der Waals surface area contributed by atoms with Crippen LogP contribution in [-0.2, 0) is 108 Å². The molecule has 11 fully saturated rings. The summed E-state index contributed by atoms with van der Waals surface area (Å²) in [6, 6.07) is 19.1. The second-order valence-electron chi connectivity index (χ2n) is 40.6. The molecule has 7 saturated heterocycles. The van der Waals surface area contributed by atoms with Crippen molar-refractivity contribution in [1.29, 1.82) is 0 Å². The van der Waals surface area contributed by atoms with Gasteiger partial charge < -0.3 is 85.3 Å². The lowest BCUT2D eigenvalue weighted by atomic mass is 9.33. The van der Waals surface area contributed by atoms with Crippen LogP contribution in [0.25, 0.3) is 10.4 Å². The zero-order valence-corrected chi connectivity index (χ0v) is 74.1. The van der Waals surface area contributed by atoms with Crippen LogP contribution >= 0.6 is 0 Å². The lowest BCUT2D eigenvalue weighted by Gasteiger charge is -2.71. The second-order valence-corrected chi connectivity index (χ2v) is 40.6. The van der Waals surface area contributed by atoms with Crippen LogP contribution in [0.5, 0.6) is 0 Å². The van der Waals surface area contributed by atoms with Crippen molar-refractivity contribution in [1.82, 2.24) is 0 Å². The topological polar surface area (TPSA) is 257 Å². The standard InChI is InChI=1S/C94H141N3O20/c1-23-66-54(6)53(5)56(8)83(107-66)114-79-75(111-81-55(7)52(4)50(2)44-104-81)58(10)74(60(12)99)110-85(79)109-70-37-38-90(18)68(91(70,19)49-98)36-39-92(20)69(90)35-34-64-65-42-88(14,15)40-41-94(65,71(101-22)43-93(64,92)21)87(100)115-84-76(57(9)72(96-97-95)67(108-84)48-102-46-62-30-26-24-27-31-62)112-86-80-78(116-89(16,17)117-80)77(61(13)106-86)113-82-59(11)73(51(3)45-105-82)103-47-63-32-28-25-29-33-63/h24-34,49-59,61,65-86H,23,35-48H2,1-22H3/t50-,51-,52-,53-,54+,55?,56?,57?,58-,59?,61?,65?,66?,67?,68+,69?,70-,71?,72+,73?,74?,75-,76?,77-,78?,79?,80?,81-,82-,83-,84-,85+,86-,90?,91+,92?,93?,94+/m0/s1. The summed E-state index contributed by atoms with van der Waals surface area (Å²) in [7, 11) is 1.75. The highest BCUT2D eigenvalue weighted by molar-refractivity contribution is 5.81. The van der Waals surface area contributed by atoms with Gasteiger partial charge in [0.25, 0.3) is 0 Å².